The summed E-state index contributed by atoms with van der Waals surface area (Å²) in [6.07, 6.45) is 1.54. The van der Waals surface area contributed by atoms with E-state index in [4.69, 9.17) is 9.47 Å². The summed E-state index contributed by atoms with van der Waals surface area (Å²) >= 11 is 0. The number of fused-ring (bicyclic) bond motifs is 1. The maximum atomic E-state index is 13.4. The van der Waals surface area contributed by atoms with Gasteiger partial charge in [0, 0.05) is 6.07 Å². The summed E-state index contributed by atoms with van der Waals surface area (Å²) in [7, 11) is 0. The molecule has 0 bridgehead atoms. The molecule has 0 fully saturated rings. The Labute approximate surface area is 163 Å². The fourth-order valence-electron chi connectivity index (χ4n) is 3.12. The number of carbonyl (C=O) groups is 1. The van der Waals surface area contributed by atoms with Gasteiger partial charge in [-0.2, -0.15) is 0 Å². The third-order valence-electron chi connectivity index (χ3n) is 4.69. The second-order valence-corrected chi connectivity index (χ2v) is 6.87. The van der Waals surface area contributed by atoms with E-state index in [0.29, 0.717) is 29.2 Å². The molecule has 0 saturated heterocycles. The van der Waals surface area contributed by atoms with E-state index >= 15 is 0 Å². The Balaban J connectivity index is 1.53. The van der Waals surface area contributed by atoms with E-state index in [1.54, 1.807) is 36.4 Å². The molecule has 1 heterocycles. The first kappa shape index (κ1) is 18.0. The number of Topliss-reactive ketones (excluding diaryl/α,β-unsaturated/α-hetero) is 1. The highest BCUT2D eigenvalue weighted by atomic mass is 19.1. The molecular weight excluding hydrogens is 355 g/mol. The summed E-state index contributed by atoms with van der Waals surface area (Å²) in [5.74, 6) is 0.664. The second-order valence-electron chi connectivity index (χ2n) is 6.87. The molecule has 1 aliphatic rings. The number of rotatable bonds is 4. The molecule has 28 heavy (non-hydrogen) atoms. The van der Waals surface area contributed by atoms with E-state index in [2.05, 4.69) is 18.2 Å². The normalized spacial score (nSPS) is 14.1. The molecule has 3 aromatic rings. The zero-order valence-electron chi connectivity index (χ0n) is 15.7. The minimum Gasteiger partial charge on any atom is -0.489 e. The van der Waals surface area contributed by atoms with E-state index in [1.165, 1.54) is 23.3 Å². The van der Waals surface area contributed by atoms with Gasteiger partial charge in [-0.15, -0.1) is 0 Å². The van der Waals surface area contributed by atoms with Gasteiger partial charge in [0.05, 0.1) is 5.56 Å². The molecule has 3 aromatic carbocycles. The Morgan fingerprint density at radius 2 is 1.89 bits per heavy atom. The van der Waals surface area contributed by atoms with E-state index in [0.717, 1.165) is 5.56 Å². The lowest BCUT2D eigenvalue weighted by Crippen LogP contribution is -1.99. The molecule has 140 valence electrons. The van der Waals surface area contributed by atoms with E-state index in [-0.39, 0.29) is 17.4 Å². The average molecular weight is 374 g/mol. The first-order valence-electron chi connectivity index (χ1n) is 9.02. The van der Waals surface area contributed by atoms with Crippen LogP contribution in [0.25, 0.3) is 6.08 Å². The van der Waals surface area contributed by atoms with Gasteiger partial charge in [-0.05, 0) is 60.9 Å². The third-order valence-corrected chi connectivity index (χ3v) is 4.69. The predicted molar refractivity (Wildman–Crippen MR) is 106 cm³/mol. The molecule has 3 nitrogen and oxygen atoms in total. The molecule has 1 aliphatic heterocycles. The van der Waals surface area contributed by atoms with Crippen LogP contribution < -0.4 is 9.47 Å². The quantitative estimate of drug-likeness (QED) is 0.555. The van der Waals surface area contributed by atoms with Crippen LogP contribution in [0.2, 0.25) is 0 Å². The minimum absolute atomic E-state index is 0.173. The number of ketones is 1. The summed E-state index contributed by atoms with van der Waals surface area (Å²) in [6, 6.07) is 17.4. The smallest absolute Gasteiger partial charge is 0.231 e. The zero-order valence-corrected chi connectivity index (χ0v) is 15.7. The van der Waals surface area contributed by atoms with Crippen molar-refractivity contribution in [2.24, 2.45) is 0 Å². The highest BCUT2D eigenvalue weighted by Crippen LogP contribution is 2.35. The number of aryl methyl sites for hydroxylation is 2. The monoisotopic (exact) mass is 374 g/mol. The maximum absolute atomic E-state index is 13.4. The number of hydrogen-bond donors (Lipinski definition) is 0. The average Bonchev–Trinajstić information content (AvgIpc) is 2.97. The van der Waals surface area contributed by atoms with Crippen molar-refractivity contribution < 1.29 is 18.7 Å². The van der Waals surface area contributed by atoms with Gasteiger partial charge in [0.1, 0.15) is 23.9 Å². The number of benzene rings is 3. The fourth-order valence-corrected chi connectivity index (χ4v) is 3.12. The molecule has 0 amide bonds. The topological polar surface area (TPSA) is 35.5 Å². The third kappa shape index (κ3) is 3.67. The van der Waals surface area contributed by atoms with Crippen LogP contribution in [0.4, 0.5) is 4.39 Å². The highest BCUT2D eigenvalue weighted by molar-refractivity contribution is 6.14. The molecule has 0 atom stereocenters. The first-order chi connectivity index (χ1) is 13.5. The van der Waals surface area contributed by atoms with Crippen molar-refractivity contribution in [2.75, 3.05) is 0 Å². The summed E-state index contributed by atoms with van der Waals surface area (Å²) in [5.41, 5.74) is 4.51. The number of allylic oxidation sites excluding steroid dienone is 1. The Kier molecular flexibility index (Phi) is 4.70. The maximum Gasteiger partial charge on any atom is 0.231 e. The van der Waals surface area contributed by atoms with Crippen LogP contribution in [0.1, 0.15) is 32.6 Å². The lowest BCUT2D eigenvalue weighted by Gasteiger charge is -2.10. The number of ether oxygens (including phenoxy) is 2. The van der Waals surface area contributed by atoms with E-state index < -0.39 is 0 Å². The van der Waals surface area contributed by atoms with Crippen molar-refractivity contribution in [3.8, 4) is 11.5 Å². The second kappa shape index (κ2) is 7.31. The molecule has 0 N–H and O–H groups in total. The van der Waals surface area contributed by atoms with Crippen molar-refractivity contribution in [3.63, 3.8) is 0 Å². The standard InChI is InChI=1S/C24H19FO3/c1-15-6-7-16(2)18(10-15)14-27-20-8-9-21-22(13-20)28-23(24(21)26)12-17-4-3-5-19(25)11-17/h3-13H,14H2,1-2H3/b23-12+. The van der Waals surface area contributed by atoms with Crippen molar-refractivity contribution in [3.05, 3.63) is 100 Å². The largest absolute Gasteiger partial charge is 0.489 e. The zero-order chi connectivity index (χ0) is 19.7. The van der Waals surface area contributed by atoms with Gasteiger partial charge < -0.3 is 9.47 Å². The minimum atomic E-state index is -0.362. The number of carbonyl (C=O) groups excluding carboxylic acids is 1. The summed E-state index contributed by atoms with van der Waals surface area (Å²) in [6.45, 7) is 4.53. The molecular formula is C24H19FO3. The molecule has 0 aliphatic carbocycles. The Hall–Kier alpha value is -3.40. The van der Waals surface area contributed by atoms with Gasteiger partial charge >= 0.3 is 0 Å². The lowest BCUT2D eigenvalue weighted by molar-refractivity contribution is 0.101. The highest BCUT2D eigenvalue weighted by Gasteiger charge is 2.27. The summed E-state index contributed by atoms with van der Waals surface area (Å²) in [5, 5.41) is 0. The van der Waals surface area contributed by atoms with Crippen LogP contribution in [0.15, 0.2) is 66.4 Å². The van der Waals surface area contributed by atoms with Gasteiger partial charge in [-0.3, -0.25) is 4.79 Å². The molecule has 4 heteroatoms. The van der Waals surface area contributed by atoms with E-state index in [1.807, 2.05) is 13.8 Å². The fraction of sp³-hybridized carbons (Fsp3) is 0.125. The molecule has 4 rings (SSSR count). The molecule has 0 spiro atoms. The molecule has 0 unspecified atom stereocenters. The van der Waals surface area contributed by atoms with Gasteiger partial charge in [-0.1, -0.05) is 35.9 Å². The van der Waals surface area contributed by atoms with Crippen LogP contribution in [0.3, 0.4) is 0 Å². The predicted octanol–water partition coefficient (Wildman–Crippen LogP) is 5.64. The van der Waals surface area contributed by atoms with Gasteiger partial charge in [-0.25, -0.2) is 4.39 Å². The van der Waals surface area contributed by atoms with Crippen molar-refractivity contribution in [1.82, 2.24) is 0 Å². The molecule has 0 radical (unpaired) electrons. The van der Waals surface area contributed by atoms with Gasteiger partial charge in [0.15, 0.2) is 5.76 Å². The Morgan fingerprint density at radius 3 is 2.71 bits per heavy atom. The SMILES string of the molecule is Cc1ccc(C)c(COc2ccc3c(c2)O/C(=C/c2cccc(F)c2)C3=O)c1. The van der Waals surface area contributed by atoms with Crippen molar-refractivity contribution in [1.29, 1.82) is 0 Å². The Morgan fingerprint density at radius 1 is 1.04 bits per heavy atom. The van der Waals surface area contributed by atoms with Crippen LogP contribution in [-0.2, 0) is 6.61 Å². The first-order valence-corrected chi connectivity index (χ1v) is 9.02. The van der Waals surface area contributed by atoms with Crippen LogP contribution in [0.5, 0.6) is 11.5 Å². The van der Waals surface area contributed by atoms with Crippen LogP contribution in [-0.4, -0.2) is 5.78 Å². The summed E-state index contributed by atoms with van der Waals surface area (Å²) < 4.78 is 25.0. The number of hydrogen-bond acceptors (Lipinski definition) is 3. The summed E-state index contributed by atoms with van der Waals surface area (Å²) in [4.78, 5) is 12.5. The van der Waals surface area contributed by atoms with Crippen molar-refractivity contribution >= 4 is 11.9 Å². The van der Waals surface area contributed by atoms with E-state index in [9.17, 15) is 9.18 Å². The molecule has 0 saturated carbocycles. The lowest BCUT2D eigenvalue weighted by atomic mass is 10.1. The van der Waals surface area contributed by atoms with Crippen LogP contribution >= 0.6 is 0 Å². The van der Waals surface area contributed by atoms with Gasteiger partial charge in [0.2, 0.25) is 5.78 Å². The molecule has 0 aromatic heterocycles. The van der Waals surface area contributed by atoms with Crippen molar-refractivity contribution in [2.45, 2.75) is 20.5 Å². The Bertz CT molecular complexity index is 1100. The van der Waals surface area contributed by atoms with Crippen LogP contribution in [0, 0.1) is 19.7 Å². The number of halogens is 1. The van der Waals surface area contributed by atoms with Gasteiger partial charge in [0.25, 0.3) is 0 Å².